The number of pyridine rings is 1. The number of hydrogen-bond acceptors (Lipinski definition) is 7. The van der Waals surface area contributed by atoms with Crippen LogP contribution in [0.1, 0.15) is 29.9 Å². The van der Waals surface area contributed by atoms with Crippen molar-refractivity contribution in [3.05, 3.63) is 54.1 Å². The highest BCUT2D eigenvalue weighted by Crippen LogP contribution is 2.43. The molecule has 4 heterocycles. The molecule has 1 aliphatic carbocycles. The van der Waals surface area contributed by atoms with Crippen LogP contribution in [0.3, 0.4) is 0 Å². The van der Waals surface area contributed by atoms with Gasteiger partial charge in [0.05, 0.1) is 16.7 Å². The number of anilines is 3. The van der Waals surface area contributed by atoms with Gasteiger partial charge in [-0.2, -0.15) is 10.1 Å². The predicted octanol–water partition coefficient (Wildman–Crippen LogP) is 2.74. The lowest BCUT2D eigenvalue weighted by atomic mass is 10.2. The Hall–Kier alpha value is -3.53. The second kappa shape index (κ2) is 6.82. The van der Waals surface area contributed by atoms with E-state index in [9.17, 15) is 4.39 Å². The zero-order valence-corrected chi connectivity index (χ0v) is 15.7. The average molecular weight is 393 g/mol. The van der Waals surface area contributed by atoms with Crippen LogP contribution >= 0.6 is 0 Å². The molecule has 29 heavy (non-hydrogen) atoms. The number of rotatable bonds is 6. The van der Waals surface area contributed by atoms with Crippen LogP contribution in [-0.2, 0) is 0 Å². The number of nitrogens with two attached hydrogens (primary N) is 1. The number of alkyl halides is 1. The van der Waals surface area contributed by atoms with E-state index in [0.29, 0.717) is 29.7 Å². The molecule has 148 valence electrons. The first-order chi connectivity index (χ1) is 14.1. The van der Waals surface area contributed by atoms with Crippen LogP contribution in [0.15, 0.2) is 42.7 Å². The number of nitrogens with zero attached hydrogens (tertiary/aromatic N) is 5. The Balaban J connectivity index is 1.33. The fraction of sp³-hybridized carbons (Fsp3) is 0.263. The van der Waals surface area contributed by atoms with E-state index in [0.717, 1.165) is 16.7 Å². The maximum atomic E-state index is 13.2. The molecule has 5 rings (SSSR count). The van der Waals surface area contributed by atoms with E-state index in [2.05, 4.69) is 35.5 Å². The van der Waals surface area contributed by atoms with Crippen LogP contribution in [0.25, 0.3) is 11.0 Å². The smallest absolute Gasteiger partial charge is 0.228 e. The van der Waals surface area contributed by atoms with Gasteiger partial charge in [0.1, 0.15) is 18.2 Å². The van der Waals surface area contributed by atoms with Gasteiger partial charge in [-0.25, -0.2) is 14.4 Å². The molecule has 0 bridgehead atoms. The second-order valence-corrected chi connectivity index (χ2v) is 7.14. The van der Waals surface area contributed by atoms with E-state index < -0.39 is 12.3 Å². The van der Waals surface area contributed by atoms with Crippen LogP contribution in [-0.4, -0.2) is 43.4 Å². The van der Waals surface area contributed by atoms with Crippen LogP contribution in [0.2, 0.25) is 0 Å². The minimum absolute atomic E-state index is 0.0759. The van der Waals surface area contributed by atoms with E-state index in [1.165, 1.54) is 0 Å². The minimum Gasteiger partial charge on any atom is -0.360 e. The van der Waals surface area contributed by atoms with Crippen LogP contribution in [0.5, 0.6) is 0 Å². The minimum atomic E-state index is -0.775. The van der Waals surface area contributed by atoms with Crippen molar-refractivity contribution in [2.45, 2.75) is 24.7 Å². The molecule has 0 spiro atoms. The van der Waals surface area contributed by atoms with E-state index >= 15 is 0 Å². The van der Waals surface area contributed by atoms with E-state index in [4.69, 9.17) is 5.73 Å². The third-order valence-corrected chi connectivity index (χ3v) is 5.07. The van der Waals surface area contributed by atoms with Crippen molar-refractivity contribution in [2.75, 3.05) is 17.3 Å². The summed E-state index contributed by atoms with van der Waals surface area (Å²) >= 11 is 0. The van der Waals surface area contributed by atoms with E-state index in [1.807, 2.05) is 31.4 Å². The van der Waals surface area contributed by atoms with Crippen molar-refractivity contribution < 1.29 is 4.39 Å². The number of fused-ring (bicyclic) bond motifs is 1. The molecule has 4 aromatic rings. The third kappa shape index (κ3) is 3.38. The fourth-order valence-corrected chi connectivity index (χ4v) is 3.23. The summed E-state index contributed by atoms with van der Waals surface area (Å²) in [6.45, 7) is 0. The van der Waals surface area contributed by atoms with Gasteiger partial charge in [0.15, 0.2) is 5.82 Å². The van der Waals surface area contributed by atoms with Crippen molar-refractivity contribution in [1.82, 2.24) is 30.1 Å². The molecule has 0 radical (unpaired) electrons. The molecule has 9 nitrogen and oxygen atoms in total. The quantitative estimate of drug-likeness (QED) is 0.371. The normalized spacial score (nSPS) is 19.3. The number of aromatic amines is 2. The summed E-state index contributed by atoms with van der Waals surface area (Å²) in [5.74, 6) is 1.51. The van der Waals surface area contributed by atoms with Gasteiger partial charge < -0.3 is 20.9 Å². The predicted molar refractivity (Wildman–Crippen MR) is 108 cm³/mol. The van der Waals surface area contributed by atoms with E-state index in [1.54, 1.807) is 23.2 Å². The molecule has 0 aromatic carbocycles. The highest BCUT2D eigenvalue weighted by molar-refractivity contribution is 5.74. The molecule has 0 amide bonds. The Morgan fingerprint density at radius 2 is 2.10 bits per heavy atom. The monoisotopic (exact) mass is 393 g/mol. The summed E-state index contributed by atoms with van der Waals surface area (Å²) in [6, 6.07) is 9.26. The molecule has 1 fully saturated rings. The molecule has 0 saturated heterocycles. The second-order valence-electron chi connectivity index (χ2n) is 7.14. The maximum Gasteiger partial charge on any atom is 0.228 e. The Labute approximate surface area is 165 Å². The first-order valence-electron chi connectivity index (χ1n) is 9.30. The van der Waals surface area contributed by atoms with E-state index in [-0.39, 0.29) is 5.92 Å². The lowest BCUT2D eigenvalue weighted by Crippen LogP contribution is -2.33. The standard InChI is InChI=1S/C19H20FN9/c1-29(18(21)14-3-2-12-13(24-14)4-6-22-12)19-23-7-5-16(26-19)25-17-9-15(27-28-17)10-8-11(10)20/h2-7,9-11,18,22H,8,21H2,1H3,(H2,23,25,26,27,28)/t10-,11+,18-/m0/s1. The van der Waals surface area contributed by atoms with Gasteiger partial charge in [-0.1, -0.05) is 0 Å². The highest BCUT2D eigenvalue weighted by atomic mass is 19.1. The summed E-state index contributed by atoms with van der Waals surface area (Å²) in [5, 5.41) is 10.2. The SMILES string of the molecule is CN(c1nccc(Nc2cc([C@H]3C[C@H]3F)[nH]n2)n1)[C@H](N)c1ccc2[nH]ccc2n1. The largest absolute Gasteiger partial charge is 0.360 e. The molecule has 1 saturated carbocycles. The Morgan fingerprint density at radius 3 is 2.93 bits per heavy atom. The van der Waals surface area contributed by atoms with Crippen LogP contribution < -0.4 is 16.0 Å². The van der Waals surface area contributed by atoms with Gasteiger partial charge in [-0.05, 0) is 30.7 Å². The molecule has 0 unspecified atom stereocenters. The van der Waals surface area contributed by atoms with Crippen molar-refractivity contribution in [3.8, 4) is 0 Å². The summed E-state index contributed by atoms with van der Waals surface area (Å²) in [7, 11) is 1.81. The first-order valence-corrected chi connectivity index (χ1v) is 9.30. The van der Waals surface area contributed by atoms with Crippen LogP contribution in [0.4, 0.5) is 22.0 Å². The lowest BCUT2D eigenvalue weighted by Gasteiger charge is -2.24. The molecule has 4 aromatic heterocycles. The summed E-state index contributed by atoms with van der Waals surface area (Å²) in [5.41, 5.74) is 9.70. The lowest BCUT2D eigenvalue weighted by molar-refractivity contribution is 0.466. The summed E-state index contributed by atoms with van der Waals surface area (Å²) < 4.78 is 13.2. The number of halogens is 1. The summed E-state index contributed by atoms with van der Waals surface area (Å²) in [6.07, 6.45) is 2.74. The average Bonchev–Trinajstić information content (AvgIpc) is 3.11. The topological polar surface area (TPSA) is 124 Å². The molecule has 3 atom stereocenters. The fourth-order valence-electron chi connectivity index (χ4n) is 3.23. The zero-order valence-electron chi connectivity index (χ0n) is 15.7. The van der Waals surface area contributed by atoms with Crippen molar-refractivity contribution in [3.63, 3.8) is 0 Å². The Kier molecular flexibility index (Phi) is 4.13. The third-order valence-electron chi connectivity index (χ3n) is 5.07. The highest BCUT2D eigenvalue weighted by Gasteiger charge is 2.40. The van der Waals surface area contributed by atoms with Gasteiger partial charge in [0.2, 0.25) is 5.95 Å². The number of hydrogen-bond donors (Lipinski definition) is 4. The van der Waals surface area contributed by atoms with Crippen molar-refractivity contribution in [1.29, 1.82) is 0 Å². The molecule has 10 heteroatoms. The van der Waals surface area contributed by atoms with Crippen molar-refractivity contribution in [2.24, 2.45) is 5.73 Å². The molecule has 0 aliphatic heterocycles. The van der Waals surface area contributed by atoms with Gasteiger partial charge in [-0.3, -0.25) is 5.10 Å². The molecular formula is C19H20FN9. The van der Waals surface area contributed by atoms with Crippen molar-refractivity contribution >= 4 is 28.6 Å². The number of H-pyrrole nitrogens is 2. The molecule has 1 aliphatic rings. The van der Waals surface area contributed by atoms with Crippen LogP contribution in [0, 0.1) is 0 Å². The van der Waals surface area contributed by atoms with Gasteiger partial charge in [-0.15, -0.1) is 0 Å². The number of aromatic nitrogens is 6. The number of nitrogens with one attached hydrogen (secondary N) is 3. The zero-order chi connectivity index (χ0) is 20.0. The Morgan fingerprint density at radius 1 is 1.24 bits per heavy atom. The van der Waals surface area contributed by atoms with Gasteiger partial charge in [0, 0.05) is 37.1 Å². The Bertz CT molecular complexity index is 1150. The maximum absolute atomic E-state index is 13.2. The van der Waals surface area contributed by atoms with Gasteiger partial charge in [0.25, 0.3) is 0 Å². The molecular weight excluding hydrogens is 373 g/mol. The first kappa shape index (κ1) is 17.6. The summed E-state index contributed by atoms with van der Waals surface area (Å²) in [4.78, 5) is 18.3. The van der Waals surface area contributed by atoms with Gasteiger partial charge >= 0.3 is 0 Å². The molecule has 5 N–H and O–H groups in total.